The zero-order valence-corrected chi connectivity index (χ0v) is 13.7. The standard InChI is InChI=1S/C10H15NO4S4/c1-11(8-2-4-18(12,13)6-8)10(16)17-9-3-5-19(14,15)7-9/h3,8H,2,4-7H2,1H3/t8-/m0/s1. The van der Waals surface area contributed by atoms with Crippen molar-refractivity contribution in [2.45, 2.75) is 12.5 Å². The number of rotatable bonds is 2. The molecule has 2 heterocycles. The summed E-state index contributed by atoms with van der Waals surface area (Å²) < 4.78 is 46.1. The summed E-state index contributed by atoms with van der Waals surface area (Å²) in [5.74, 6) is 0.433. The van der Waals surface area contributed by atoms with E-state index in [-0.39, 0.29) is 29.1 Å². The molecule has 5 nitrogen and oxygen atoms in total. The molecule has 0 saturated carbocycles. The molecular weight excluding hydrogens is 326 g/mol. The normalized spacial score (nSPS) is 28.1. The van der Waals surface area contributed by atoms with Gasteiger partial charge in [-0.3, -0.25) is 0 Å². The lowest BCUT2D eigenvalue weighted by atomic mass is 10.2. The molecule has 2 rings (SSSR count). The maximum absolute atomic E-state index is 11.4. The number of thioether (sulfide) groups is 1. The Morgan fingerprint density at radius 1 is 1.37 bits per heavy atom. The first-order valence-corrected chi connectivity index (χ1v) is 10.6. The van der Waals surface area contributed by atoms with Gasteiger partial charge in [0.05, 0.1) is 23.0 Å². The van der Waals surface area contributed by atoms with E-state index in [2.05, 4.69) is 0 Å². The Balaban J connectivity index is 1.94. The Morgan fingerprint density at radius 3 is 2.53 bits per heavy atom. The molecule has 0 aromatic carbocycles. The van der Waals surface area contributed by atoms with Gasteiger partial charge >= 0.3 is 0 Å². The van der Waals surface area contributed by atoms with Crippen LogP contribution in [0, 0.1) is 0 Å². The van der Waals surface area contributed by atoms with Gasteiger partial charge in [-0.25, -0.2) is 16.8 Å². The topological polar surface area (TPSA) is 71.5 Å². The fourth-order valence-corrected chi connectivity index (χ4v) is 6.97. The highest BCUT2D eigenvalue weighted by Gasteiger charge is 2.32. The molecule has 108 valence electrons. The molecule has 1 fully saturated rings. The molecule has 0 N–H and O–H groups in total. The minimum Gasteiger partial charge on any atom is -0.356 e. The van der Waals surface area contributed by atoms with Crippen molar-refractivity contribution in [3.8, 4) is 0 Å². The molecule has 2 aliphatic rings. The number of hydrogen-bond donors (Lipinski definition) is 0. The summed E-state index contributed by atoms with van der Waals surface area (Å²) in [6, 6.07) is -0.0939. The van der Waals surface area contributed by atoms with Gasteiger partial charge in [-0.1, -0.05) is 30.1 Å². The Kier molecular flexibility index (Phi) is 4.29. The minimum atomic E-state index is -2.99. The van der Waals surface area contributed by atoms with Gasteiger partial charge in [-0.05, 0) is 6.42 Å². The molecule has 0 spiro atoms. The van der Waals surface area contributed by atoms with E-state index in [1.807, 2.05) is 0 Å². The molecular formula is C10H15NO4S4. The van der Waals surface area contributed by atoms with E-state index in [1.54, 1.807) is 18.0 Å². The monoisotopic (exact) mass is 341 g/mol. The Labute approximate surface area is 123 Å². The molecule has 0 radical (unpaired) electrons. The first-order valence-electron chi connectivity index (χ1n) is 5.73. The molecule has 1 saturated heterocycles. The van der Waals surface area contributed by atoms with Crippen molar-refractivity contribution in [2.24, 2.45) is 0 Å². The fraction of sp³-hybridized carbons (Fsp3) is 0.700. The zero-order valence-electron chi connectivity index (χ0n) is 10.4. The van der Waals surface area contributed by atoms with E-state index >= 15 is 0 Å². The number of sulfone groups is 2. The highest BCUT2D eigenvalue weighted by molar-refractivity contribution is 8.25. The van der Waals surface area contributed by atoms with E-state index in [0.29, 0.717) is 10.7 Å². The SMILES string of the molecule is CN(C(=S)SC1=CCS(=O)(=O)C1)[C@H]1CCS(=O)(=O)C1. The predicted molar refractivity (Wildman–Crippen MR) is 81.7 cm³/mol. The third-order valence-corrected chi connectivity index (χ3v) is 8.12. The number of nitrogens with zero attached hydrogens (tertiary/aromatic N) is 1. The van der Waals surface area contributed by atoms with Crippen LogP contribution in [0.2, 0.25) is 0 Å². The second kappa shape index (κ2) is 5.34. The van der Waals surface area contributed by atoms with Crippen molar-refractivity contribution in [1.29, 1.82) is 0 Å². The Morgan fingerprint density at radius 2 is 2.05 bits per heavy atom. The van der Waals surface area contributed by atoms with Crippen molar-refractivity contribution >= 4 is 48.0 Å². The lowest BCUT2D eigenvalue weighted by molar-refractivity contribution is 0.409. The lowest BCUT2D eigenvalue weighted by Gasteiger charge is -2.25. The van der Waals surface area contributed by atoms with Crippen LogP contribution >= 0.6 is 24.0 Å². The van der Waals surface area contributed by atoms with E-state index in [0.717, 1.165) is 4.91 Å². The highest BCUT2D eigenvalue weighted by Crippen LogP contribution is 2.28. The van der Waals surface area contributed by atoms with Gasteiger partial charge < -0.3 is 4.90 Å². The van der Waals surface area contributed by atoms with Crippen molar-refractivity contribution in [3.63, 3.8) is 0 Å². The third-order valence-electron chi connectivity index (χ3n) is 3.19. The van der Waals surface area contributed by atoms with Crippen LogP contribution in [0.25, 0.3) is 0 Å². The molecule has 0 amide bonds. The first kappa shape index (κ1) is 15.3. The average Bonchev–Trinajstić information content (AvgIpc) is 2.80. The highest BCUT2D eigenvalue weighted by atomic mass is 32.2. The molecule has 0 unspecified atom stereocenters. The maximum atomic E-state index is 11.4. The van der Waals surface area contributed by atoms with Crippen LogP contribution in [-0.2, 0) is 19.7 Å². The molecule has 9 heteroatoms. The smallest absolute Gasteiger partial charge is 0.158 e. The quantitative estimate of drug-likeness (QED) is 0.675. The summed E-state index contributed by atoms with van der Waals surface area (Å²) in [5, 5.41) is 0. The Bertz CT molecular complexity index is 620. The van der Waals surface area contributed by atoms with E-state index in [4.69, 9.17) is 12.2 Å². The summed E-state index contributed by atoms with van der Waals surface area (Å²) in [5.41, 5.74) is 0. The van der Waals surface area contributed by atoms with Crippen LogP contribution in [0.5, 0.6) is 0 Å². The van der Waals surface area contributed by atoms with Crippen LogP contribution < -0.4 is 0 Å². The van der Waals surface area contributed by atoms with Gasteiger partial charge in [0.1, 0.15) is 4.32 Å². The van der Waals surface area contributed by atoms with Crippen LogP contribution in [-0.4, -0.2) is 62.2 Å². The van der Waals surface area contributed by atoms with Crippen molar-refractivity contribution in [2.75, 3.05) is 30.1 Å². The van der Waals surface area contributed by atoms with E-state index in [1.165, 1.54) is 11.8 Å². The van der Waals surface area contributed by atoms with Gasteiger partial charge in [-0.2, -0.15) is 0 Å². The molecule has 1 atom stereocenters. The van der Waals surface area contributed by atoms with Crippen LogP contribution in [0.15, 0.2) is 11.0 Å². The second-order valence-corrected chi connectivity index (χ2v) is 10.9. The van der Waals surface area contributed by atoms with Gasteiger partial charge in [0, 0.05) is 18.0 Å². The van der Waals surface area contributed by atoms with Gasteiger partial charge in [0.15, 0.2) is 19.7 Å². The fourth-order valence-electron chi connectivity index (χ4n) is 2.04. The summed E-state index contributed by atoms with van der Waals surface area (Å²) in [4.78, 5) is 2.51. The molecule has 0 aromatic rings. The van der Waals surface area contributed by atoms with Crippen molar-refractivity contribution in [3.05, 3.63) is 11.0 Å². The lowest BCUT2D eigenvalue weighted by Crippen LogP contribution is -2.35. The second-order valence-electron chi connectivity index (χ2n) is 4.76. The molecule has 2 aliphatic heterocycles. The maximum Gasteiger partial charge on any atom is 0.158 e. The van der Waals surface area contributed by atoms with Gasteiger partial charge in [-0.15, -0.1) is 0 Å². The largest absolute Gasteiger partial charge is 0.356 e. The summed E-state index contributed by atoms with van der Waals surface area (Å²) in [6.45, 7) is 0. The van der Waals surface area contributed by atoms with E-state index in [9.17, 15) is 16.8 Å². The average molecular weight is 342 g/mol. The van der Waals surface area contributed by atoms with Crippen LogP contribution in [0.4, 0.5) is 0 Å². The zero-order chi connectivity index (χ0) is 14.3. The number of hydrogen-bond acceptors (Lipinski definition) is 6. The van der Waals surface area contributed by atoms with Crippen LogP contribution in [0.1, 0.15) is 6.42 Å². The summed E-state index contributed by atoms with van der Waals surface area (Å²) >= 11 is 6.51. The van der Waals surface area contributed by atoms with Crippen LogP contribution in [0.3, 0.4) is 0 Å². The van der Waals surface area contributed by atoms with E-state index < -0.39 is 19.7 Å². The predicted octanol–water partition coefficient (Wildman–Crippen LogP) is 0.436. The molecule has 0 bridgehead atoms. The van der Waals surface area contributed by atoms with Crippen molar-refractivity contribution < 1.29 is 16.8 Å². The molecule has 0 aliphatic carbocycles. The molecule has 0 aromatic heterocycles. The van der Waals surface area contributed by atoms with Crippen molar-refractivity contribution in [1.82, 2.24) is 4.90 Å². The van der Waals surface area contributed by atoms with Gasteiger partial charge in [0.25, 0.3) is 0 Å². The third kappa shape index (κ3) is 3.93. The number of thiocarbonyl (C=S) groups is 1. The summed E-state index contributed by atoms with van der Waals surface area (Å²) in [6.07, 6.45) is 2.25. The molecule has 19 heavy (non-hydrogen) atoms. The minimum absolute atomic E-state index is 0.0363. The Hall–Kier alpha value is -0.120. The van der Waals surface area contributed by atoms with Gasteiger partial charge in [0.2, 0.25) is 0 Å². The summed E-state index contributed by atoms with van der Waals surface area (Å²) in [7, 11) is -4.16. The first-order chi connectivity index (χ1) is 8.69.